The number of carbonyl (C=O) groups excluding carboxylic acids is 2. The molecule has 0 aliphatic heterocycles. The predicted octanol–water partition coefficient (Wildman–Crippen LogP) is 3.22. The largest absolute Gasteiger partial charge is 0.508 e. The number of hydrogen-bond donors (Lipinski definition) is 2. The summed E-state index contributed by atoms with van der Waals surface area (Å²) in [7, 11) is 0. The van der Waals surface area contributed by atoms with Gasteiger partial charge in [-0.1, -0.05) is 0 Å². The Hall–Kier alpha value is -2.04. The minimum atomic E-state index is -0.838. The molecule has 0 spiro atoms. The Bertz CT molecular complexity index is 515. The van der Waals surface area contributed by atoms with Crippen LogP contribution in [0.3, 0.4) is 0 Å². The zero-order valence-electron chi connectivity index (χ0n) is 12.5. The number of aromatic hydroxyl groups is 1. The first-order valence-electron chi connectivity index (χ1n) is 6.35. The fraction of sp³-hybridized carbons (Fsp3) is 0.467. The van der Waals surface area contributed by atoms with Crippen molar-refractivity contribution in [2.45, 2.75) is 45.6 Å². The quantitative estimate of drug-likeness (QED) is 0.658. The van der Waals surface area contributed by atoms with Gasteiger partial charge in [-0.2, -0.15) is 0 Å². The van der Waals surface area contributed by atoms with Crippen LogP contribution < -0.4 is 5.32 Å². The molecule has 5 nitrogen and oxygen atoms in total. The van der Waals surface area contributed by atoms with Crippen molar-refractivity contribution in [2.75, 3.05) is 5.32 Å². The Morgan fingerprint density at radius 2 is 1.85 bits per heavy atom. The number of anilines is 1. The van der Waals surface area contributed by atoms with Gasteiger partial charge >= 0.3 is 6.09 Å². The maximum atomic E-state index is 11.7. The third kappa shape index (κ3) is 4.26. The second kappa shape index (κ2) is 5.53. The van der Waals surface area contributed by atoms with Crippen LogP contribution in [0.1, 0.15) is 40.2 Å². The maximum absolute atomic E-state index is 11.7. The number of phenolic OH excluding ortho intramolecular Hbond substituents is 1. The lowest BCUT2D eigenvalue weighted by atomic mass is 9.85. The van der Waals surface area contributed by atoms with Gasteiger partial charge in [0.2, 0.25) is 0 Å². The number of benzene rings is 1. The van der Waals surface area contributed by atoms with E-state index in [9.17, 15) is 14.7 Å². The van der Waals surface area contributed by atoms with E-state index in [2.05, 4.69) is 5.32 Å². The van der Waals surface area contributed by atoms with E-state index in [4.69, 9.17) is 4.74 Å². The summed E-state index contributed by atoms with van der Waals surface area (Å²) in [5.74, 6) is 0.0110. The summed E-state index contributed by atoms with van der Waals surface area (Å²) in [6, 6.07) is 4.55. The lowest BCUT2D eigenvalue weighted by Gasteiger charge is -2.22. The van der Waals surface area contributed by atoms with Crippen molar-refractivity contribution >= 4 is 18.1 Å². The van der Waals surface area contributed by atoms with Crippen molar-refractivity contribution in [1.82, 2.24) is 0 Å². The Kier molecular flexibility index (Phi) is 4.43. The number of rotatable bonds is 3. The number of ether oxygens (including phenoxy) is 1. The summed E-state index contributed by atoms with van der Waals surface area (Å²) in [4.78, 5) is 22.8. The van der Waals surface area contributed by atoms with Crippen molar-refractivity contribution in [3.63, 3.8) is 0 Å². The number of hydrogen-bond acceptors (Lipinski definition) is 4. The zero-order chi connectivity index (χ0) is 15.6. The van der Waals surface area contributed by atoms with Crippen molar-refractivity contribution in [3.05, 3.63) is 23.8 Å². The van der Waals surface area contributed by atoms with E-state index in [-0.39, 0.29) is 5.75 Å². The SMILES string of the molecule is CC(C)(C)OC(=O)Nc1ccc(O)c(C(C)(C)C=O)c1. The van der Waals surface area contributed by atoms with Gasteiger partial charge < -0.3 is 14.6 Å². The molecule has 1 rings (SSSR count). The van der Waals surface area contributed by atoms with Gasteiger partial charge in [-0.3, -0.25) is 5.32 Å². The number of aldehydes is 1. The lowest BCUT2D eigenvalue weighted by molar-refractivity contribution is -0.111. The number of carbonyl (C=O) groups is 2. The van der Waals surface area contributed by atoms with Crippen molar-refractivity contribution in [1.29, 1.82) is 0 Å². The Morgan fingerprint density at radius 1 is 1.25 bits per heavy atom. The Balaban J connectivity index is 2.97. The molecule has 0 aromatic heterocycles. The Labute approximate surface area is 118 Å². The van der Waals surface area contributed by atoms with Crippen LogP contribution in [0.2, 0.25) is 0 Å². The Morgan fingerprint density at radius 3 is 2.35 bits per heavy atom. The van der Waals surface area contributed by atoms with Crippen LogP contribution in [0.4, 0.5) is 10.5 Å². The highest BCUT2D eigenvalue weighted by molar-refractivity contribution is 5.85. The second-order valence-electron chi connectivity index (χ2n) is 6.20. The number of nitrogens with one attached hydrogen (secondary N) is 1. The van der Waals surface area contributed by atoms with E-state index in [1.165, 1.54) is 6.07 Å². The molecule has 1 aromatic carbocycles. The molecular formula is C15H21NO4. The molecular weight excluding hydrogens is 258 g/mol. The smallest absolute Gasteiger partial charge is 0.412 e. The molecule has 0 saturated heterocycles. The first-order valence-corrected chi connectivity index (χ1v) is 6.35. The summed E-state index contributed by atoms with van der Waals surface area (Å²) in [6.45, 7) is 8.68. The third-order valence-corrected chi connectivity index (χ3v) is 2.63. The van der Waals surface area contributed by atoms with Gasteiger partial charge in [-0.15, -0.1) is 0 Å². The molecule has 0 radical (unpaired) electrons. The molecule has 5 heteroatoms. The van der Waals surface area contributed by atoms with Crippen LogP contribution in [-0.4, -0.2) is 23.1 Å². The standard InChI is InChI=1S/C15H21NO4/c1-14(2,3)20-13(19)16-10-6-7-12(18)11(8-10)15(4,5)9-17/h6-9,18H,1-5H3,(H,16,19). The monoisotopic (exact) mass is 279 g/mol. The molecule has 2 N–H and O–H groups in total. The van der Waals surface area contributed by atoms with Crippen LogP contribution in [0.5, 0.6) is 5.75 Å². The highest BCUT2D eigenvalue weighted by Crippen LogP contribution is 2.31. The normalized spacial score (nSPS) is 11.8. The molecule has 1 aromatic rings. The molecule has 0 fully saturated rings. The van der Waals surface area contributed by atoms with Crippen LogP contribution in [0.15, 0.2) is 18.2 Å². The third-order valence-electron chi connectivity index (χ3n) is 2.63. The maximum Gasteiger partial charge on any atom is 0.412 e. The average Bonchev–Trinajstić information content (AvgIpc) is 2.29. The van der Waals surface area contributed by atoms with Crippen LogP contribution >= 0.6 is 0 Å². The fourth-order valence-corrected chi connectivity index (χ4v) is 1.61. The van der Waals surface area contributed by atoms with Gasteiger partial charge in [-0.05, 0) is 52.8 Å². The zero-order valence-corrected chi connectivity index (χ0v) is 12.5. The highest BCUT2D eigenvalue weighted by atomic mass is 16.6. The van der Waals surface area contributed by atoms with E-state index in [1.807, 2.05) is 0 Å². The molecule has 110 valence electrons. The molecule has 0 heterocycles. The van der Waals surface area contributed by atoms with E-state index in [0.717, 1.165) is 6.29 Å². The minimum absolute atomic E-state index is 0.0110. The van der Waals surface area contributed by atoms with E-state index < -0.39 is 17.1 Å². The number of amides is 1. The van der Waals surface area contributed by atoms with E-state index in [0.29, 0.717) is 11.3 Å². The molecule has 1 amide bonds. The molecule has 0 bridgehead atoms. The van der Waals surface area contributed by atoms with Crippen molar-refractivity contribution in [2.24, 2.45) is 0 Å². The molecule has 20 heavy (non-hydrogen) atoms. The van der Waals surface area contributed by atoms with Gasteiger partial charge in [0.1, 0.15) is 17.6 Å². The fourth-order valence-electron chi connectivity index (χ4n) is 1.61. The van der Waals surface area contributed by atoms with Gasteiger partial charge in [-0.25, -0.2) is 4.79 Å². The van der Waals surface area contributed by atoms with Crippen molar-refractivity contribution in [3.8, 4) is 5.75 Å². The van der Waals surface area contributed by atoms with Gasteiger partial charge in [0.05, 0.1) is 0 Å². The van der Waals surface area contributed by atoms with Crippen LogP contribution in [0, 0.1) is 0 Å². The van der Waals surface area contributed by atoms with Crippen molar-refractivity contribution < 1.29 is 19.4 Å². The summed E-state index contributed by atoms with van der Waals surface area (Å²) in [5, 5.41) is 12.4. The molecule has 0 unspecified atom stereocenters. The summed E-state index contributed by atoms with van der Waals surface area (Å²) in [5.41, 5.74) is -0.523. The van der Waals surface area contributed by atoms with Crippen LogP contribution in [0.25, 0.3) is 0 Å². The van der Waals surface area contributed by atoms with Gasteiger partial charge in [0.15, 0.2) is 0 Å². The predicted molar refractivity (Wildman–Crippen MR) is 77.1 cm³/mol. The molecule has 0 atom stereocenters. The first kappa shape index (κ1) is 16.0. The van der Waals surface area contributed by atoms with E-state index >= 15 is 0 Å². The van der Waals surface area contributed by atoms with Crippen LogP contribution in [-0.2, 0) is 14.9 Å². The minimum Gasteiger partial charge on any atom is -0.508 e. The van der Waals surface area contributed by atoms with Gasteiger partial charge in [0, 0.05) is 16.7 Å². The van der Waals surface area contributed by atoms with E-state index in [1.54, 1.807) is 46.8 Å². The topological polar surface area (TPSA) is 75.6 Å². The molecule has 0 saturated carbocycles. The molecule has 0 aliphatic carbocycles. The summed E-state index contributed by atoms with van der Waals surface area (Å²) >= 11 is 0. The first-order chi connectivity index (χ1) is 9.05. The summed E-state index contributed by atoms with van der Waals surface area (Å²) in [6.07, 6.45) is 0.164. The molecule has 0 aliphatic rings. The number of phenols is 1. The lowest BCUT2D eigenvalue weighted by Crippen LogP contribution is -2.27. The highest BCUT2D eigenvalue weighted by Gasteiger charge is 2.24. The second-order valence-corrected chi connectivity index (χ2v) is 6.20. The average molecular weight is 279 g/mol. The summed E-state index contributed by atoms with van der Waals surface area (Å²) < 4.78 is 5.14. The van der Waals surface area contributed by atoms with Gasteiger partial charge in [0.25, 0.3) is 0 Å².